The molecule has 3 atom stereocenters. The number of piperidine rings is 1. The average molecular weight is 278 g/mol. The normalized spacial score (nSPS) is 26.3. The van der Waals surface area contributed by atoms with Crippen LogP contribution in [0.2, 0.25) is 0 Å². The summed E-state index contributed by atoms with van der Waals surface area (Å²) in [7, 11) is 0. The van der Waals surface area contributed by atoms with Crippen molar-refractivity contribution in [1.29, 1.82) is 0 Å². The first kappa shape index (κ1) is 14.9. The second-order valence-electron chi connectivity index (χ2n) is 5.62. The number of likely N-dealkylation sites (tertiary alicyclic amines) is 1. The third kappa shape index (κ3) is 3.33. The molecule has 0 spiro atoms. The van der Waals surface area contributed by atoms with E-state index < -0.39 is 0 Å². The zero-order chi connectivity index (χ0) is 13.8. The van der Waals surface area contributed by atoms with Crippen molar-refractivity contribution in [1.82, 2.24) is 4.90 Å². The molecule has 1 aliphatic rings. The van der Waals surface area contributed by atoms with Crippen LogP contribution < -0.4 is 5.73 Å². The van der Waals surface area contributed by atoms with E-state index in [4.69, 9.17) is 5.73 Å². The molecule has 2 rings (SSSR count). The Morgan fingerprint density at radius 3 is 2.58 bits per heavy atom. The summed E-state index contributed by atoms with van der Waals surface area (Å²) in [6, 6.07) is 9.91. The number of benzene rings is 1. The average Bonchev–Trinajstić information content (AvgIpc) is 2.45. The molecule has 0 aliphatic carbocycles. The molecule has 0 saturated carbocycles. The van der Waals surface area contributed by atoms with Crippen molar-refractivity contribution in [2.75, 3.05) is 19.3 Å². The van der Waals surface area contributed by atoms with Crippen molar-refractivity contribution in [3.8, 4) is 0 Å². The number of hydrogen-bond acceptors (Lipinski definition) is 3. The Hall–Kier alpha value is -0.510. The Kier molecular flexibility index (Phi) is 5.31. The maximum atomic E-state index is 6.07. The van der Waals surface area contributed by atoms with Crippen LogP contribution >= 0.6 is 11.8 Å². The first-order valence-corrected chi connectivity index (χ1v) is 8.49. The van der Waals surface area contributed by atoms with Gasteiger partial charge in [0, 0.05) is 23.5 Å². The lowest BCUT2D eigenvalue weighted by Crippen LogP contribution is -2.46. The number of rotatable bonds is 4. The smallest absolute Gasteiger partial charge is 0.0473 e. The molecule has 1 fully saturated rings. The van der Waals surface area contributed by atoms with Crippen LogP contribution in [0.25, 0.3) is 0 Å². The molecule has 1 aromatic rings. The van der Waals surface area contributed by atoms with Crippen LogP contribution in [-0.4, -0.2) is 30.3 Å². The Morgan fingerprint density at radius 2 is 2.00 bits per heavy atom. The Labute approximate surface area is 121 Å². The predicted molar refractivity (Wildman–Crippen MR) is 84.6 cm³/mol. The van der Waals surface area contributed by atoms with E-state index >= 15 is 0 Å². The van der Waals surface area contributed by atoms with Gasteiger partial charge in [0.25, 0.3) is 0 Å². The number of nitrogens with zero attached hydrogens (tertiary/aromatic N) is 1. The summed E-state index contributed by atoms with van der Waals surface area (Å²) >= 11 is 1.79. The van der Waals surface area contributed by atoms with Gasteiger partial charge in [-0.15, -0.1) is 11.8 Å². The largest absolute Gasteiger partial charge is 0.329 e. The molecule has 1 aromatic carbocycles. The minimum atomic E-state index is 0.369. The fourth-order valence-corrected chi connectivity index (χ4v) is 3.50. The molecule has 3 unspecified atom stereocenters. The van der Waals surface area contributed by atoms with E-state index in [0.717, 1.165) is 5.92 Å². The molecule has 0 amide bonds. The van der Waals surface area contributed by atoms with Gasteiger partial charge in [0.15, 0.2) is 0 Å². The molecule has 2 nitrogen and oxygen atoms in total. The zero-order valence-corrected chi connectivity index (χ0v) is 13.1. The van der Waals surface area contributed by atoms with E-state index in [1.807, 2.05) is 0 Å². The summed E-state index contributed by atoms with van der Waals surface area (Å²) in [6.45, 7) is 6.59. The highest BCUT2D eigenvalue weighted by molar-refractivity contribution is 7.98. The molecule has 3 heteroatoms. The summed E-state index contributed by atoms with van der Waals surface area (Å²) < 4.78 is 0. The minimum Gasteiger partial charge on any atom is -0.329 e. The van der Waals surface area contributed by atoms with Gasteiger partial charge >= 0.3 is 0 Å². The Bertz CT molecular complexity index is 390. The van der Waals surface area contributed by atoms with Crippen LogP contribution in [0.15, 0.2) is 29.2 Å². The maximum absolute atomic E-state index is 6.07. The molecule has 0 aromatic heterocycles. The fourth-order valence-electron chi connectivity index (χ4n) is 3.10. The van der Waals surface area contributed by atoms with Crippen LogP contribution in [0.5, 0.6) is 0 Å². The van der Waals surface area contributed by atoms with E-state index in [1.165, 1.54) is 29.8 Å². The van der Waals surface area contributed by atoms with Crippen molar-refractivity contribution in [2.24, 2.45) is 11.7 Å². The summed E-state index contributed by atoms with van der Waals surface area (Å²) in [6.07, 6.45) is 4.76. The van der Waals surface area contributed by atoms with Crippen LogP contribution in [0.1, 0.15) is 38.3 Å². The SMILES string of the molecule is CSc1ccc(C(CN)N2CCCC(C)C2C)cc1. The van der Waals surface area contributed by atoms with E-state index in [-0.39, 0.29) is 0 Å². The molecular weight excluding hydrogens is 252 g/mol. The molecule has 1 saturated heterocycles. The standard InChI is InChI=1S/C16H26N2S/c1-12-5-4-10-18(13(12)2)16(11-17)14-6-8-15(19-3)9-7-14/h6-9,12-13,16H,4-5,10-11,17H2,1-3H3. The van der Waals surface area contributed by atoms with E-state index in [9.17, 15) is 0 Å². The number of thioether (sulfide) groups is 1. The zero-order valence-electron chi connectivity index (χ0n) is 12.3. The van der Waals surface area contributed by atoms with Gasteiger partial charge in [-0.3, -0.25) is 4.90 Å². The monoisotopic (exact) mass is 278 g/mol. The molecule has 1 aliphatic heterocycles. The molecule has 0 radical (unpaired) electrons. The van der Waals surface area contributed by atoms with Crippen molar-refractivity contribution >= 4 is 11.8 Å². The van der Waals surface area contributed by atoms with Crippen molar-refractivity contribution in [3.63, 3.8) is 0 Å². The predicted octanol–water partition coefficient (Wildman–Crippen LogP) is 3.53. The van der Waals surface area contributed by atoms with Crippen LogP contribution in [0.3, 0.4) is 0 Å². The van der Waals surface area contributed by atoms with Gasteiger partial charge in [-0.2, -0.15) is 0 Å². The second kappa shape index (κ2) is 6.78. The summed E-state index contributed by atoms with van der Waals surface area (Å²) in [4.78, 5) is 3.92. The van der Waals surface area contributed by atoms with Gasteiger partial charge in [0.1, 0.15) is 0 Å². The second-order valence-corrected chi connectivity index (χ2v) is 6.50. The third-order valence-corrected chi connectivity index (χ3v) is 5.29. The lowest BCUT2D eigenvalue weighted by molar-refractivity contribution is 0.0709. The first-order valence-electron chi connectivity index (χ1n) is 7.27. The topological polar surface area (TPSA) is 29.3 Å². The molecule has 1 heterocycles. The minimum absolute atomic E-state index is 0.369. The van der Waals surface area contributed by atoms with E-state index in [0.29, 0.717) is 18.6 Å². The summed E-state index contributed by atoms with van der Waals surface area (Å²) in [5.41, 5.74) is 7.43. The third-order valence-electron chi connectivity index (χ3n) is 4.55. The van der Waals surface area contributed by atoms with Crippen molar-refractivity contribution in [2.45, 2.75) is 43.7 Å². The van der Waals surface area contributed by atoms with Gasteiger partial charge < -0.3 is 5.73 Å². The highest BCUT2D eigenvalue weighted by atomic mass is 32.2. The summed E-state index contributed by atoms with van der Waals surface area (Å²) in [5, 5.41) is 0. The Balaban J connectivity index is 2.18. The van der Waals surface area contributed by atoms with Crippen molar-refractivity contribution in [3.05, 3.63) is 29.8 Å². The first-order chi connectivity index (χ1) is 9.17. The van der Waals surface area contributed by atoms with Gasteiger partial charge in [0.05, 0.1) is 0 Å². The van der Waals surface area contributed by atoms with Gasteiger partial charge in [0.2, 0.25) is 0 Å². The quantitative estimate of drug-likeness (QED) is 0.854. The van der Waals surface area contributed by atoms with Gasteiger partial charge in [-0.05, 0) is 56.2 Å². The van der Waals surface area contributed by atoms with Crippen LogP contribution in [0.4, 0.5) is 0 Å². The molecule has 2 N–H and O–H groups in total. The van der Waals surface area contributed by atoms with Gasteiger partial charge in [-0.1, -0.05) is 19.1 Å². The molecule has 106 valence electrons. The lowest BCUT2D eigenvalue weighted by Gasteiger charge is -2.42. The number of hydrogen-bond donors (Lipinski definition) is 1. The highest BCUT2D eigenvalue weighted by Crippen LogP contribution is 2.31. The van der Waals surface area contributed by atoms with Gasteiger partial charge in [-0.25, -0.2) is 0 Å². The number of nitrogens with two attached hydrogens (primary N) is 1. The highest BCUT2D eigenvalue weighted by Gasteiger charge is 2.30. The molecule has 19 heavy (non-hydrogen) atoms. The van der Waals surface area contributed by atoms with Crippen molar-refractivity contribution < 1.29 is 0 Å². The Morgan fingerprint density at radius 1 is 1.32 bits per heavy atom. The van der Waals surface area contributed by atoms with Crippen LogP contribution in [0, 0.1) is 5.92 Å². The van der Waals surface area contributed by atoms with E-state index in [2.05, 4.69) is 49.3 Å². The lowest BCUT2D eigenvalue weighted by atomic mass is 9.89. The van der Waals surface area contributed by atoms with E-state index in [1.54, 1.807) is 11.8 Å². The maximum Gasteiger partial charge on any atom is 0.0473 e. The molecular formula is C16H26N2S. The fraction of sp³-hybridized carbons (Fsp3) is 0.625. The summed E-state index contributed by atoms with van der Waals surface area (Å²) in [5.74, 6) is 0.772. The molecule has 0 bridgehead atoms. The van der Waals surface area contributed by atoms with Crippen LogP contribution in [-0.2, 0) is 0 Å².